The van der Waals surface area contributed by atoms with Crippen LogP contribution in [0.4, 0.5) is 0 Å². The van der Waals surface area contributed by atoms with Crippen molar-refractivity contribution in [3.63, 3.8) is 0 Å². The first-order chi connectivity index (χ1) is 27.2. The zero-order valence-electron chi connectivity index (χ0n) is 29.1. The van der Waals surface area contributed by atoms with Gasteiger partial charge in [-0.2, -0.15) is 0 Å². The lowest BCUT2D eigenvalue weighted by Crippen LogP contribution is -2.01. The summed E-state index contributed by atoms with van der Waals surface area (Å²) in [7, 11) is 0. The molecule has 0 amide bonds. The number of furan rings is 1. The SMILES string of the molecule is c1cc(-c2nc(-c3ccc4c(c3)sc3ccccc34)nc(-c3cccc4c3oc3cnccc34)n2)cc(-n2c3ccccc3c3c4ccccc4ccc32)c1. The van der Waals surface area contributed by atoms with Crippen LogP contribution >= 0.6 is 11.3 Å². The smallest absolute Gasteiger partial charge is 0.167 e. The maximum Gasteiger partial charge on any atom is 0.167 e. The number of fused-ring (bicyclic) bond motifs is 11. The van der Waals surface area contributed by atoms with Gasteiger partial charge in [0.1, 0.15) is 5.58 Å². The average molecular weight is 722 g/mol. The molecule has 6 nitrogen and oxygen atoms in total. The fraction of sp³-hybridized carbons (Fsp3) is 0. The largest absolute Gasteiger partial charge is 0.454 e. The Morgan fingerprint density at radius 2 is 1.24 bits per heavy atom. The number of hydrogen-bond donors (Lipinski definition) is 0. The molecule has 12 aromatic rings. The Balaban J connectivity index is 1.09. The molecule has 0 aliphatic rings. The predicted octanol–water partition coefficient (Wildman–Crippen LogP) is 12.8. The number of hydrogen-bond acceptors (Lipinski definition) is 6. The van der Waals surface area contributed by atoms with Gasteiger partial charge in [0.05, 0.1) is 22.8 Å². The number of pyridine rings is 1. The molecule has 7 heteroatoms. The topological polar surface area (TPSA) is 69.6 Å². The standard InChI is InChI=1S/C48H27N5OS/c1-2-12-32-28(9-1)20-22-40-44(32)37-14-3-5-17-39(37)53(40)31-11-7-10-29(25-31)46-50-47(30-19-21-35-34-13-4-6-18-42(34)55-43(35)26-30)52-48(51-46)38-16-8-15-36-33-23-24-49-27-41(33)54-45(36)38/h1-27H. The van der Waals surface area contributed by atoms with E-state index in [-0.39, 0.29) is 0 Å². The van der Waals surface area contributed by atoms with Crippen molar-refractivity contribution in [2.24, 2.45) is 0 Å². The molecule has 256 valence electrons. The summed E-state index contributed by atoms with van der Waals surface area (Å²) in [5.41, 5.74) is 7.38. The summed E-state index contributed by atoms with van der Waals surface area (Å²) in [6, 6.07) is 53.4. The van der Waals surface area contributed by atoms with E-state index in [9.17, 15) is 0 Å². The third-order valence-electron chi connectivity index (χ3n) is 10.7. The highest BCUT2D eigenvalue weighted by molar-refractivity contribution is 7.25. The van der Waals surface area contributed by atoms with Gasteiger partial charge in [-0.1, -0.05) is 103 Å². The molecule has 0 saturated carbocycles. The summed E-state index contributed by atoms with van der Waals surface area (Å²) < 4.78 is 11.2. The summed E-state index contributed by atoms with van der Waals surface area (Å²) in [6.07, 6.45) is 3.55. The molecule has 0 saturated heterocycles. The summed E-state index contributed by atoms with van der Waals surface area (Å²) in [5.74, 6) is 1.73. The van der Waals surface area contributed by atoms with Gasteiger partial charge in [-0.25, -0.2) is 15.0 Å². The minimum atomic E-state index is 0.544. The Bertz CT molecular complexity index is 3520. The highest BCUT2D eigenvalue weighted by Crippen LogP contribution is 2.40. The Labute approximate surface area is 317 Å². The Morgan fingerprint density at radius 3 is 2.16 bits per heavy atom. The van der Waals surface area contributed by atoms with Crippen LogP contribution in [0.1, 0.15) is 0 Å². The molecule has 0 fully saturated rings. The molecule has 12 rings (SSSR count). The molecule has 0 spiro atoms. The second-order valence-corrected chi connectivity index (χ2v) is 14.9. The van der Waals surface area contributed by atoms with Gasteiger partial charge in [0.15, 0.2) is 23.1 Å². The number of aromatic nitrogens is 5. The lowest BCUT2D eigenvalue weighted by molar-refractivity contribution is 0.667. The summed E-state index contributed by atoms with van der Waals surface area (Å²) in [6.45, 7) is 0. The zero-order valence-corrected chi connectivity index (χ0v) is 30.0. The zero-order chi connectivity index (χ0) is 36.0. The van der Waals surface area contributed by atoms with E-state index in [0.717, 1.165) is 55.3 Å². The van der Waals surface area contributed by atoms with Crippen LogP contribution in [0.2, 0.25) is 0 Å². The van der Waals surface area contributed by atoms with Crippen molar-refractivity contribution in [3.8, 4) is 39.9 Å². The lowest BCUT2D eigenvalue weighted by Gasteiger charge is -2.12. The van der Waals surface area contributed by atoms with Gasteiger partial charge < -0.3 is 8.98 Å². The highest BCUT2D eigenvalue weighted by atomic mass is 32.1. The molecule has 5 heterocycles. The Hall–Kier alpha value is -7.22. The molecule has 0 aliphatic carbocycles. The van der Waals surface area contributed by atoms with Gasteiger partial charge in [-0.3, -0.25) is 4.98 Å². The molecule has 0 aliphatic heterocycles. The molecule has 55 heavy (non-hydrogen) atoms. The molecule has 0 N–H and O–H groups in total. The molecule has 0 atom stereocenters. The van der Waals surface area contributed by atoms with Crippen molar-refractivity contribution in [1.29, 1.82) is 0 Å². The van der Waals surface area contributed by atoms with Crippen molar-refractivity contribution in [2.75, 3.05) is 0 Å². The molecule has 0 radical (unpaired) electrons. The van der Waals surface area contributed by atoms with E-state index in [0.29, 0.717) is 17.5 Å². The van der Waals surface area contributed by atoms with Crippen LogP contribution in [0.25, 0.3) is 115 Å². The van der Waals surface area contributed by atoms with Crippen LogP contribution < -0.4 is 0 Å². The molecular formula is C48H27N5OS. The normalized spacial score (nSPS) is 12.0. The third-order valence-corrected chi connectivity index (χ3v) is 11.9. The fourth-order valence-electron chi connectivity index (χ4n) is 8.25. The van der Waals surface area contributed by atoms with E-state index in [1.54, 1.807) is 23.7 Å². The summed E-state index contributed by atoms with van der Waals surface area (Å²) >= 11 is 1.78. The van der Waals surface area contributed by atoms with E-state index in [1.165, 1.54) is 41.7 Å². The van der Waals surface area contributed by atoms with Gasteiger partial charge >= 0.3 is 0 Å². The van der Waals surface area contributed by atoms with E-state index in [4.69, 9.17) is 19.4 Å². The number of para-hydroxylation sites is 2. The van der Waals surface area contributed by atoms with Crippen molar-refractivity contribution < 1.29 is 4.42 Å². The van der Waals surface area contributed by atoms with Crippen molar-refractivity contribution in [1.82, 2.24) is 24.5 Å². The van der Waals surface area contributed by atoms with Crippen LogP contribution in [0.3, 0.4) is 0 Å². The van der Waals surface area contributed by atoms with Crippen LogP contribution in [-0.2, 0) is 0 Å². The maximum atomic E-state index is 6.44. The quantitative estimate of drug-likeness (QED) is 0.181. The molecule has 5 aromatic heterocycles. The number of benzene rings is 7. The van der Waals surface area contributed by atoms with Gasteiger partial charge in [-0.15, -0.1) is 11.3 Å². The van der Waals surface area contributed by atoms with E-state index < -0.39 is 0 Å². The van der Waals surface area contributed by atoms with E-state index in [2.05, 4.69) is 143 Å². The molecule has 7 aromatic carbocycles. The van der Waals surface area contributed by atoms with Crippen molar-refractivity contribution in [3.05, 3.63) is 164 Å². The van der Waals surface area contributed by atoms with Gasteiger partial charge in [-0.05, 0) is 59.3 Å². The van der Waals surface area contributed by atoms with Gasteiger partial charge in [0.2, 0.25) is 0 Å². The second-order valence-electron chi connectivity index (χ2n) is 13.9. The fourth-order valence-corrected chi connectivity index (χ4v) is 9.40. The lowest BCUT2D eigenvalue weighted by atomic mass is 10.0. The maximum absolute atomic E-state index is 6.44. The minimum Gasteiger partial charge on any atom is -0.454 e. The average Bonchev–Trinajstić information content (AvgIpc) is 3.93. The third kappa shape index (κ3) is 4.60. The first kappa shape index (κ1) is 30.3. The van der Waals surface area contributed by atoms with Crippen molar-refractivity contribution >= 4 is 86.0 Å². The summed E-state index contributed by atoms with van der Waals surface area (Å²) in [5, 5.41) is 9.41. The molecular weight excluding hydrogens is 695 g/mol. The summed E-state index contributed by atoms with van der Waals surface area (Å²) in [4.78, 5) is 19.9. The molecule has 0 bridgehead atoms. The van der Waals surface area contributed by atoms with Crippen molar-refractivity contribution in [2.45, 2.75) is 0 Å². The van der Waals surface area contributed by atoms with Crippen LogP contribution in [-0.4, -0.2) is 24.5 Å². The van der Waals surface area contributed by atoms with Crippen LogP contribution in [0.15, 0.2) is 168 Å². The van der Waals surface area contributed by atoms with E-state index in [1.807, 2.05) is 18.2 Å². The van der Waals surface area contributed by atoms with E-state index >= 15 is 0 Å². The second kappa shape index (κ2) is 11.6. The number of rotatable bonds is 4. The van der Waals surface area contributed by atoms with Crippen LogP contribution in [0, 0.1) is 0 Å². The Kier molecular flexibility index (Phi) is 6.40. The van der Waals surface area contributed by atoms with Gasteiger partial charge in [0.25, 0.3) is 0 Å². The molecule has 0 unspecified atom stereocenters. The van der Waals surface area contributed by atoms with Crippen LogP contribution in [0.5, 0.6) is 0 Å². The first-order valence-corrected chi connectivity index (χ1v) is 19.0. The number of thiophene rings is 1. The number of nitrogens with zero attached hydrogens (tertiary/aromatic N) is 5. The predicted molar refractivity (Wildman–Crippen MR) is 226 cm³/mol. The monoisotopic (exact) mass is 721 g/mol. The Morgan fingerprint density at radius 1 is 0.491 bits per heavy atom. The van der Waals surface area contributed by atoms with Gasteiger partial charge in [0, 0.05) is 64.7 Å². The highest BCUT2D eigenvalue weighted by Gasteiger charge is 2.20. The first-order valence-electron chi connectivity index (χ1n) is 18.2. The minimum absolute atomic E-state index is 0.544.